The van der Waals surface area contributed by atoms with E-state index in [0.717, 1.165) is 31.8 Å². The van der Waals surface area contributed by atoms with Gasteiger partial charge in [-0.25, -0.2) is 0 Å². The van der Waals surface area contributed by atoms with Crippen LogP contribution in [-0.2, 0) is 10.2 Å². The van der Waals surface area contributed by atoms with Crippen molar-refractivity contribution in [2.75, 3.05) is 40.3 Å². The van der Waals surface area contributed by atoms with Crippen LogP contribution in [-0.4, -0.2) is 79.8 Å². The van der Waals surface area contributed by atoms with E-state index in [1.165, 1.54) is 15.0 Å². The van der Waals surface area contributed by atoms with E-state index < -0.39 is 10.2 Å². The molecule has 2 heterocycles. The number of piperidine rings is 1. The Kier molecular flexibility index (Phi) is 4.93. The third kappa shape index (κ3) is 3.33. The van der Waals surface area contributed by atoms with Gasteiger partial charge in [-0.3, -0.25) is 4.90 Å². The zero-order chi connectivity index (χ0) is 17.5. The molecule has 0 aromatic heterocycles. The summed E-state index contributed by atoms with van der Waals surface area (Å²) in [6, 6.07) is 3.54. The van der Waals surface area contributed by atoms with E-state index in [1.54, 1.807) is 14.1 Å². The molecule has 0 amide bonds. The van der Waals surface area contributed by atoms with Crippen molar-refractivity contribution in [3.63, 3.8) is 0 Å². The van der Waals surface area contributed by atoms with E-state index in [0.29, 0.717) is 31.6 Å². The van der Waals surface area contributed by atoms with Crippen molar-refractivity contribution in [1.29, 1.82) is 5.26 Å². The topological polar surface area (TPSA) is 79.7 Å². The molecule has 2 saturated heterocycles. The number of nitrogens with one attached hydrogen (secondary N) is 1. The highest BCUT2D eigenvalue weighted by Crippen LogP contribution is 2.36. The van der Waals surface area contributed by atoms with Crippen LogP contribution < -0.4 is 5.32 Å². The first-order chi connectivity index (χ1) is 11.3. The molecule has 0 radical (unpaired) electrons. The Morgan fingerprint density at radius 2 is 1.88 bits per heavy atom. The van der Waals surface area contributed by atoms with Gasteiger partial charge in [0.25, 0.3) is 10.2 Å². The predicted molar refractivity (Wildman–Crippen MR) is 92.4 cm³/mol. The Hall–Kier alpha value is -0.720. The van der Waals surface area contributed by atoms with Crippen molar-refractivity contribution in [1.82, 2.24) is 18.8 Å². The largest absolute Gasteiger partial charge is 0.311 e. The fourth-order valence-corrected chi connectivity index (χ4v) is 5.22. The maximum Gasteiger partial charge on any atom is 0.281 e. The SMILES string of the molecule is C[C@@H]1C[C@H]1NC1CCN(C2(CC#N)CN(S(=O)(=O)N(C)C)C2)CC1. The van der Waals surface area contributed by atoms with Crippen LogP contribution in [0.2, 0.25) is 0 Å². The molecule has 1 N–H and O–H groups in total. The second-order valence-electron chi connectivity index (χ2n) is 7.86. The standard InChI is InChI=1S/C16H29N5O2S/c1-13-10-15(13)18-14-4-8-20(9-5-14)16(6-7-17)11-21(12-16)24(22,23)19(2)3/h13-15,18H,4-6,8-12H2,1-3H3/t13-,15-/m1/s1. The number of likely N-dealkylation sites (tertiary alicyclic amines) is 1. The van der Waals surface area contributed by atoms with Crippen LogP contribution in [0.15, 0.2) is 0 Å². The highest BCUT2D eigenvalue weighted by molar-refractivity contribution is 7.86. The minimum atomic E-state index is -3.37. The maximum atomic E-state index is 12.2. The smallest absolute Gasteiger partial charge is 0.281 e. The molecule has 24 heavy (non-hydrogen) atoms. The third-order valence-electron chi connectivity index (χ3n) is 5.86. The molecular weight excluding hydrogens is 326 g/mol. The van der Waals surface area contributed by atoms with E-state index >= 15 is 0 Å². The van der Waals surface area contributed by atoms with Gasteiger partial charge in [0, 0.05) is 52.4 Å². The Balaban J connectivity index is 1.57. The van der Waals surface area contributed by atoms with Crippen LogP contribution >= 0.6 is 0 Å². The van der Waals surface area contributed by atoms with Gasteiger partial charge in [0.2, 0.25) is 0 Å². The van der Waals surface area contributed by atoms with Gasteiger partial charge in [0.1, 0.15) is 0 Å². The quantitative estimate of drug-likeness (QED) is 0.737. The Bertz CT molecular complexity index is 600. The number of nitrogens with zero attached hydrogens (tertiary/aromatic N) is 4. The van der Waals surface area contributed by atoms with Gasteiger partial charge >= 0.3 is 0 Å². The average molecular weight is 356 g/mol. The minimum Gasteiger partial charge on any atom is -0.311 e. The first-order valence-electron chi connectivity index (χ1n) is 8.84. The maximum absolute atomic E-state index is 12.2. The fraction of sp³-hybridized carbons (Fsp3) is 0.938. The van der Waals surface area contributed by atoms with Crippen molar-refractivity contribution in [3.8, 4) is 6.07 Å². The molecule has 3 rings (SSSR count). The van der Waals surface area contributed by atoms with Gasteiger partial charge < -0.3 is 5.32 Å². The molecule has 0 aromatic carbocycles. The van der Waals surface area contributed by atoms with Crippen molar-refractivity contribution in [3.05, 3.63) is 0 Å². The number of rotatable bonds is 6. The van der Waals surface area contributed by atoms with E-state index in [1.807, 2.05) is 0 Å². The highest BCUT2D eigenvalue weighted by atomic mass is 32.2. The van der Waals surface area contributed by atoms with Crippen LogP contribution in [0, 0.1) is 17.2 Å². The summed E-state index contributed by atoms with van der Waals surface area (Å²) in [5, 5.41) is 13.0. The zero-order valence-electron chi connectivity index (χ0n) is 14.9. The Morgan fingerprint density at radius 1 is 1.29 bits per heavy atom. The molecule has 3 aliphatic rings. The monoisotopic (exact) mass is 355 g/mol. The van der Waals surface area contributed by atoms with Gasteiger partial charge in [-0.2, -0.15) is 22.3 Å². The average Bonchev–Trinajstić information content (AvgIpc) is 3.18. The van der Waals surface area contributed by atoms with E-state index in [2.05, 4.69) is 23.2 Å². The molecule has 2 atom stereocenters. The van der Waals surface area contributed by atoms with Gasteiger partial charge in [0.05, 0.1) is 18.0 Å². The second kappa shape index (κ2) is 6.54. The van der Waals surface area contributed by atoms with Crippen LogP contribution in [0.4, 0.5) is 0 Å². The zero-order valence-corrected chi connectivity index (χ0v) is 15.7. The molecule has 0 spiro atoms. The van der Waals surface area contributed by atoms with Crippen molar-refractivity contribution in [2.45, 2.75) is 50.2 Å². The summed E-state index contributed by atoms with van der Waals surface area (Å²) in [5.41, 5.74) is -0.296. The van der Waals surface area contributed by atoms with Crippen LogP contribution in [0.25, 0.3) is 0 Å². The van der Waals surface area contributed by atoms with Crippen molar-refractivity contribution >= 4 is 10.2 Å². The van der Waals surface area contributed by atoms with Crippen molar-refractivity contribution in [2.24, 2.45) is 5.92 Å². The first kappa shape index (κ1) is 18.1. The summed E-state index contributed by atoms with van der Waals surface area (Å²) in [5.74, 6) is 0.810. The van der Waals surface area contributed by atoms with Crippen LogP contribution in [0.3, 0.4) is 0 Å². The van der Waals surface area contributed by atoms with Crippen molar-refractivity contribution < 1.29 is 8.42 Å². The molecule has 0 aromatic rings. The lowest BCUT2D eigenvalue weighted by molar-refractivity contribution is -0.0273. The molecule has 1 aliphatic carbocycles. The second-order valence-corrected chi connectivity index (χ2v) is 10.0. The molecule has 0 bridgehead atoms. The fourth-order valence-electron chi connectivity index (χ4n) is 3.95. The van der Waals surface area contributed by atoms with Crippen LogP contribution in [0.1, 0.15) is 32.6 Å². The van der Waals surface area contributed by atoms with Gasteiger partial charge in [-0.15, -0.1) is 0 Å². The molecule has 0 unspecified atom stereocenters. The lowest BCUT2D eigenvalue weighted by Crippen LogP contribution is -2.73. The Labute approximate surface area is 145 Å². The van der Waals surface area contributed by atoms with Gasteiger partial charge in [-0.1, -0.05) is 6.92 Å². The molecule has 136 valence electrons. The molecule has 8 heteroatoms. The van der Waals surface area contributed by atoms with E-state index in [9.17, 15) is 13.7 Å². The number of nitriles is 1. The lowest BCUT2D eigenvalue weighted by atomic mass is 9.84. The normalized spacial score (nSPS) is 31.6. The molecular formula is C16H29N5O2S. The summed E-state index contributed by atoms with van der Waals surface area (Å²) >= 11 is 0. The molecule has 7 nitrogen and oxygen atoms in total. The predicted octanol–water partition coefficient (Wildman–Crippen LogP) is 0.223. The lowest BCUT2D eigenvalue weighted by Gasteiger charge is -2.56. The highest BCUT2D eigenvalue weighted by Gasteiger charge is 2.52. The van der Waals surface area contributed by atoms with Crippen LogP contribution in [0.5, 0.6) is 0 Å². The molecule has 3 fully saturated rings. The Morgan fingerprint density at radius 3 is 2.33 bits per heavy atom. The first-order valence-corrected chi connectivity index (χ1v) is 10.2. The summed E-state index contributed by atoms with van der Waals surface area (Å²) in [7, 11) is -0.272. The van der Waals surface area contributed by atoms with E-state index in [-0.39, 0.29) is 5.54 Å². The minimum absolute atomic E-state index is 0.296. The number of hydrogen-bond donors (Lipinski definition) is 1. The number of hydrogen-bond acceptors (Lipinski definition) is 5. The summed E-state index contributed by atoms with van der Waals surface area (Å²) < 4.78 is 27.2. The van der Waals surface area contributed by atoms with Gasteiger partial charge in [0.15, 0.2) is 0 Å². The van der Waals surface area contributed by atoms with E-state index in [4.69, 9.17) is 0 Å². The summed E-state index contributed by atoms with van der Waals surface area (Å²) in [6.45, 7) is 5.02. The summed E-state index contributed by atoms with van der Waals surface area (Å²) in [6.07, 6.45) is 3.84. The molecule has 2 aliphatic heterocycles. The van der Waals surface area contributed by atoms with Gasteiger partial charge in [-0.05, 0) is 25.2 Å². The molecule has 1 saturated carbocycles. The third-order valence-corrected chi connectivity index (χ3v) is 7.70. The summed E-state index contributed by atoms with van der Waals surface area (Å²) in [4.78, 5) is 2.35.